The SMILES string of the molecule is C[C@@H]1CCC[C@H](C)N1CCCNC(=O)CN1CCCC1=O. The minimum Gasteiger partial charge on any atom is -0.355 e. The highest BCUT2D eigenvalue weighted by Gasteiger charge is 2.24. The Balaban J connectivity index is 1.60. The van der Waals surface area contributed by atoms with Crippen molar-refractivity contribution in [1.82, 2.24) is 15.1 Å². The molecular formula is C16H29N3O2. The summed E-state index contributed by atoms with van der Waals surface area (Å²) in [5.41, 5.74) is 0. The van der Waals surface area contributed by atoms with Gasteiger partial charge in [0.05, 0.1) is 6.54 Å². The van der Waals surface area contributed by atoms with Gasteiger partial charge in [-0.15, -0.1) is 0 Å². The summed E-state index contributed by atoms with van der Waals surface area (Å²) in [6, 6.07) is 1.32. The van der Waals surface area contributed by atoms with Gasteiger partial charge in [0.1, 0.15) is 0 Å². The number of carbonyl (C=O) groups excluding carboxylic acids is 2. The Bertz CT molecular complexity index is 363. The number of nitrogens with one attached hydrogen (secondary N) is 1. The molecule has 0 aromatic heterocycles. The van der Waals surface area contributed by atoms with Gasteiger partial charge in [-0.1, -0.05) is 6.42 Å². The van der Waals surface area contributed by atoms with Crippen molar-refractivity contribution in [2.75, 3.05) is 26.2 Å². The molecule has 0 aromatic rings. The third-order valence-electron chi connectivity index (χ3n) is 4.80. The molecule has 0 bridgehead atoms. The molecule has 2 rings (SSSR count). The molecule has 0 unspecified atom stereocenters. The lowest BCUT2D eigenvalue weighted by molar-refractivity contribution is -0.133. The number of carbonyl (C=O) groups is 2. The van der Waals surface area contributed by atoms with Gasteiger partial charge in [0, 0.05) is 38.1 Å². The summed E-state index contributed by atoms with van der Waals surface area (Å²) in [5.74, 6) is 0.0890. The average molecular weight is 295 g/mol. The van der Waals surface area contributed by atoms with Gasteiger partial charge in [-0.3, -0.25) is 14.5 Å². The van der Waals surface area contributed by atoms with Gasteiger partial charge in [-0.05, 0) is 39.5 Å². The number of amides is 2. The van der Waals surface area contributed by atoms with E-state index in [4.69, 9.17) is 0 Å². The van der Waals surface area contributed by atoms with Crippen molar-refractivity contribution in [3.05, 3.63) is 0 Å². The molecule has 0 aliphatic carbocycles. The van der Waals surface area contributed by atoms with E-state index in [9.17, 15) is 9.59 Å². The van der Waals surface area contributed by atoms with Gasteiger partial charge in [0.15, 0.2) is 0 Å². The number of hydrogen-bond donors (Lipinski definition) is 1. The quantitative estimate of drug-likeness (QED) is 0.753. The number of likely N-dealkylation sites (tertiary alicyclic amines) is 2. The zero-order valence-corrected chi connectivity index (χ0v) is 13.4. The number of nitrogens with zero attached hydrogens (tertiary/aromatic N) is 2. The highest BCUT2D eigenvalue weighted by atomic mass is 16.2. The van der Waals surface area contributed by atoms with Crippen molar-refractivity contribution >= 4 is 11.8 Å². The van der Waals surface area contributed by atoms with Crippen molar-refractivity contribution in [2.45, 2.75) is 64.5 Å². The van der Waals surface area contributed by atoms with E-state index < -0.39 is 0 Å². The van der Waals surface area contributed by atoms with Crippen LogP contribution in [0.25, 0.3) is 0 Å². The second kappa shape index (κ2) is 7.78. The van der Waals surface area contributed by atoms with E-state index in [0.29, 0.717) is 25.0 Å². The molecule has 0 spiro atoms. The van der Waals surface area contributed by atoms with E-state index in [1.807, 2.05) is 0 Å². The normalized spacial score (nSPS) is 27.1. The molecule has 2 amide bonds. The summed E-state index contributed by atoms with van der Waals surface area (Å²) in [6.45, 7) is 7.31. The fourth-order valence-corrected chi connectivity index (χ4v) is 3.51. The zero-order valence-electron chi connectivity index (χ0n) is 13.4. The van der Waals surface area contributed by atoms with Gasteiger partial charge in [-0.25, -0.2) is 0 Å². The Morgan fingerprint density at radius 3 is 2.57 bits per heavy atom. The molecule has 5 nitrogen and oxygen atoms in total. The van der Waals surface area contributed by atoms with Crippen molar-refractivity contribution in [1.29, 1.82) is 0 Å². The lowest BCUT2D eigenvalue weighted by Gasteiger charge is -2.39. The van der Waals surface area contributed by atoms with Crippen LogP contribution in [0.5, 0.6) is 0 Å². The minimum atomic E-state index is -0.0232. The van der Waals surface area contributed by atoms with Crippen molar-refractivity contribution < 1.29 is 9.59 Å². The summed E-state index contributed by atoms with van der Waals surface area (Å²) < 4.78 is 0. The van der Waals surface area contributed by atoms with Crippen LogP contribution in [-0.2, 0) is 9.59 Å². The van der Waals surface area contributed by atoms with Gasteiger partial charge >= 0.3 is 0 Å². The molecule has 2 aliphatic heterocycles. The molecule has 0 radical (unpaired) electrons. The van der Waals surface area contributed by atoms with Gasteiger partial charge in [0.25, 0.3) is 0 Å². The molecule has 2 fully saturated rings. The monoisotopic (exact) mass is 295 g/mol. The van der Waals surface area contributed by atoms with Crippen LogP contribution >= 0.6 is 0 Å². The molecule has 2 aliphatic rings. The maximum absolute atomic E-state index is 11.8. The molecule has 1 N–H and O–H groups in total. The fraction of sp³-hybridized carbons (Fsp3) is 0.875. The van der Waals surface area contributed by atoms with E-state index in [2.05, 4.69) is 24.1 Å². The third kappa shape index (κ3) is 4.70. The minimum absolute atomic E-state index is 0.0232. The maximum Gasteiger partial charge on any atom is 0.239 e. The Labute approximate surface area is 128 Å². The topological polar surface area (TPSA) is 52.7 Å². The van der Waals surface area contributed by atoms with Crippen molar-refractivity contribution in [3.63, 3.8) is 0 Å². The van der Waals surface area contributed by atoms with Crippen LogP contribution in [0.15, 0.2) is 0 Å². The first-order valence-corrected chi connectivity index (χ1v) is 8.38. The summed E-state index contributed by atoms with van der Waals surface area (Å²) in [7, 11) is 0. The fourth-order valence-electron chi connectivity index (χ4n) is 3.51. The van der Waals surface area contributed by atoms with Crippen LogP contribution in [0.3, 0.4) is 0 Å². The molecule has 2 atom stereocenters. The van der Waals surface area contributed by atoms with E-state index in [-0.39, 0.29) is 18.4 Å². The Morgan fingerprint density at radius 1 is 1.24 bits per heavy atom. The Morgan fingerprint density at radius 2 is 1.95 bits per heavy atom. The highest BCUT2D eigenvalue weighted by Crippen LogP contribution is 2.22. The van der Waals surface area contributed by atoms with E-state index in [1.165, 1.54) is 19.3 Å². The van der Waals surface area contributed by atoms with Crippen LogP contribution in [0.2, 0.25) is 0 Å². The van der Waals surface area contributed by atoms with E-state index >= 15 is 0 Å². The van der Waals surface area contributed by atoms with E-state index in [1.54, 1.807) is 4.90 Å². The smallest absolute Gasteiger partial charge is 0.239 e. The predicted molar refractivity (Wildman–Crippen MR) is 82.9 cm³/mol. The second-order valence-corrected chi connectivity index (χ2v) is 6.49. The summed E-state index contributed by atoms with van der Waals surface area (Å²) in [5, 5.41) is 2.94. The summed E-state index contributed by atoms with van der Waals surface area (Å²) in [6.07, 6.45) is 6.37. The van der Waals surface area contributed by atoms with Gasteiger partial charge in [-0.2, -0.15) is 0 Å². The average Bonchev–Trinajstić information content (AvgIpc) is 2.83. The molecule has 5 heteroatoms. The van der Waals surface area contributed by atoms with Crippen LogP contribution in [-0.4, -0.2) is 59.9 Å². The summed E-state index contributed by atoms with van der Waals surface area (Å²) in [4.78, 5) is 27.5. The van der Waals surface area contributed by atoms with Crippen molar-refractivity contribution in [2.24, 2.45) is 0 Å². The highest BCUT2D eigenvalue weighted by molar-refractivity contribution is 5.85. The molecule has 21 heavy (non-hydrogen) atoms. The lowest BCUT2D eigenvalue weighted by Crippen LogP contribution is -2.45. The lowest BCUT2D eigenvalue weighted by atomic mass is 9.97. The third-order valence-corrected chi connectivity index (χ3v) is 4.80. The Hall–Kier alpha value is -1.10. The van der Waals surface area contributed by atoms with E-state index in [0.717, 1.165) is 25.9 Å². The zero-order chi connectivity index (χ0) is 15.2. The largest absolute Gasteiger partial charge is 0.355 e. The maximum atomic E-state index is 11.8. The van der Waals surface area contributed by atoms with Crippen LogP contribution < -0.4 is 5.32 Å². The second-order valence-electron chi connectivity index (χ2n) is 6.49. The number of rotatable bonds is 6. The molecule has 0 saturated carbocycles. The van der Waals surface area contributed by atoms with Crippen molar-refractivity contribution in [3.8, 4) is 0 Å². The number of hydrogen-bond acceptors (Lipinski definition) is 3. The van der Waals surface area contributed by atoms with Crippen LogP contribution in [0.1, 0.15) is 52.4 Å². The molecule has 2 saturated heterocycles. The van der Waals surface area contributed by atoms with Gasteiger partial charge in [0.2, 0.25) is 11.8 Å². The van der Waals surface area contributed by atoms with Gasteiger partial charge < -0.3 is 10.2 Å². The summed E-state index contributed by atoms with van der Waals surface area (Å²) >= 11 is 0. The predicted octanol–water partition coefficient (Wildman–Crippen LogP) is 1.38. The standard InChI is InChI=1S/C16H29N3O2/c1-13-6-3-7-14(2)19(13)11-5-9-17-15(20)12-18-10-4-8-16(18)21/h13-14H,3-12H2,1-2H3,(H,17,20)/t13-,14+. The number of piperidine rings is 1. The molecule has 2 heterocycles. The molecular weight excluding hydrogens is 266 g/mol. The molecule has 0 aromatic carbocycles. The first-order valence-electron chi connectivity index (χ1n) is 8.38. The Kier molecular flexibility index (Phi) is 6.03. The first kappa shape index (κ1) is 16.3. The van der Waals surface area contributed by atoms with Crippen LogP contribution in [0, 0.1) is 0 Å². The van der Waals surface area contributed by atoms with Crippen LogP contribution in [0.4, 0.5) is 0 Å². The first-order chi connectivity index (χ1) is 10.1. The molecule has 120 valence electrons.